The maximum absolute atomic E-state index is 12.6. The predicted octanol–water partition coefficient (Wildman–Crippen LogP) is 2.04. The molecule has 1 rings (SSSR count). The molecule has 0 spiro atoms. The average Bonchev–Trinajstić information content (AvgIpc) is 2.15. The topological polar surface area (TPSA) is 21.3 Å². The van der Waals surface area contributed by atoms with Crippen LogP contribution in [-0.4, -0.2) is 37.6 Å². The Morgan fingerprint density at radius 1 is 1.47 bits per heavy atom. The summed E-state index contributed by atoms with van der Waals surface area (Å²) >= 11 is 0. The molecule has 1 saturated heterocycles. The van der Waals surface area contributed by atoms with Gasteiger partial charge in [-0.05, 0) is 19.8 Å². The minimum Gasteiger partial charge on any atom is -0.378 e. The van der Waals surface area contributed by atoms with E-state index in [2.05, 4.69) is 5.32 Å². The van der Waals surface area contributed by atoms with Crippen LogP contribution in [0, 0.1) is 0 Å². The normalized spacial score (nSPS) is 28.4. The van der Waals surface area contributed by atoms with E-state index in [9.17, 15) is 17.6 Å². The summed E-state index contributed by atoms with van der Waals surface area (Å²) in [4.78, 5) is 0. The van der Waals surface area contributed by atoms with Gasteiger partial charge in [0.15, 0.2) is 0 Å². The van der Waals surface area contributed by atoms with E-state index in [4.69, 9.17) is 4.74 Å². The molecule has 1 N–H and O–H groups in total. The Bertz CT molecular complexity index is 201. The molecule has 0 aromatic carbocycles. The summed E-state index contributed by atoms with van der Waals surface area (Å²) in [5.41, 5.74) is 0. The number of nitrogens with one attached hydrogen (secondary N) is 1. The van der Waals surface area contributed by atoms with Gasteiger partial charge in [0, 0.05) is 12.6 Å². The van der Waals surface area contributed by atoms with Crippen molar-refractivity contribution in [3.63, 3.8) is 0 Å². The highest BCUT2D eigenvalue weighted by atomic mass is 19.3. The van der Waals surface area contributed by atoms with Gasteiger partial charge in [-0.2, -0.15) is 8.78 Å². The zero-order valence-electron chi connectivity index (χ0n) is 8.48. The van der Waals surface area contributed by atoms with Gasteiger partial charge in [-0.15, -0.1) is 0 Å². The van der Waals surface area contributed by atoms with E-state index in [1.165, 1.54) is 0 Å². The van der Waals surface area contributed by atoms with Crippen LogP contribution in [0.15, 0.2) is 0 Å². The van der Waals surface area contributed by atoms with Crippen molar-refractivity contribution in [2.24, 2.45) is 0 Å². The van der Waals surface area contributed by atoms with Gasteiger partial charge in [0.2, 0.25) is 0 Å². The first-order chi connectivity index (χ1) is 6.92. The lowest BCUT2D eigenvalue weighted by Crippen LogP contribution is -2.46. The van der Waals surface area contributed by atoms with Crippen LogP contribution in [0.1, 0.15) is 19.8 Å². The molecular formula is C9H15F4NO. The van der Waals surface area contributed by atoms with E-state index in [1.807, 2.05) is 6.92 Å². The van der Waals surface area contributed by atoms with E-state index in [1.54, 1.807) is 0 Å². The maximum atomic E-state index is 12.6. The molecule has 0 bridgehead atoms. The van der Waals surface area contributed by atoms with Crippen molar-refractivity contribution in [3.05, 3.63) is 0 Å². The standard InChI is InChI=1S/C9H15F4NO/c1-6-4-7(2-3-15-6)14-5-9(12,13)8(10)11/h6-8,14H,2-5H2,1H3. The molecule has 0 saturated carbocycles. The molecule has 0 aromatic rings. The highest BCUT2D eigenvalue weighted by molar-refractivity contribution is 4.79. The summed E-state index contributed by atoms with van der Waals surface area (Å²) in [6.07, 6.45) is -2.44. The van der Waals surface area contributed by atoms with E-state index in [-0.39, 0.29) is 12.1 Å². The number of rotatable bonds is 4. The summed E-state index contributed by atoms with van der Waals surface area (Å²) in [6.45, 7) is 1.35. The number of hydrogen-bond donors (Lipinski definition) is 1. The molecule has 2 atom stereocenters. The quantitative estimate of drug-likeness (QED) is 0.745. The molecule has 1 fully saturated rings. The minimum atomic E-state index is -3.94. The van der Waals surface area contributed by atoms with Crippen LogP contribution in [0.2, 0.25) is 0 Å². The third-order valence-electron chi connectivity index (χ3n) is 2.43. The number of halogens is 4. The zero-order valence-corrected chi connectivity index (χ0v) is 8.48. The highest BCUT2D eigenvalue weighted by Crippen LogP contribution is 2.22. The second-order valence-corrected chi connectivity index (χ2v) is 3.85. The molecule has 2 nitrogen and oxygen atoms in total. The largest absolute Gasteiger partial charge is 0.378 e. The summed E-state index contributed by atoms with van der Waals surface area (Å²) in [5, 5.41) is 2.46. The predicted molar refractivity (Wildman–Crippen MR) is 47.4 cm³/mol. The molecule has 2 unspecified atom stereocenters. The van der Waals surface area contributed by atoms with E-state index in [0.29, 0.717) is 19.4 Å². The lowest BCUT2D eigenvalue weighted by Gasteiger charge is -2.29. The van der Waals surface area contributed by atoms with Gasteiger partial charge in [0.1, 0.15) is 0 Å². The molecule has 1 aliphatic heterocycles. The van der Waals surface area contributed by atoms with E-state index >= 15 is 0 Å². The molecule has 90 valence electrons. The van der Waals surface area contributed by atoms with Crippen molar-refractivity contribution < 1.29 is 22.3 Å². The Balaban J connectivity index is 2.30. The van der Waals surface area contributed by atoms with Crippen molar-refractivity contribution in [1.82, 2.24) is 5.32 Å². The number of ether oxygens (including phenoxy) is 1. The molecule has 0 radical (unpaired) electrons. The van der Waals surface area contributed by atoms with Gasteiger partial charge in [0.25, 0.3) is 0 Å². The van der Waals surface area contributed by atoms with Crippen LogP contribution in [0.5, 0.6) is 0 Å². The lowest BCUT2D eigenvalue weighted by atomic mass is 10.0. The second-order valence-electron chi connectivity index (χ2n) is 3.85. The molecular weight excluding hydrogens is 214 g/mol. The average molecular weight is 229 g/mol. The zero-order chi connectivity index (χ0) is 11.5. The molecule has 1 aliphatic rings. The smallest absolute Gasteiger partial charge is 0.319 e. The maximum Gasteiger partial charge on any atom is 0.319 e. The molecule has 6 heteroatoms. The van der Waals surface area contributed by atoms with E-state index < -0.39 is 18.9 Å². The van der Waals surface area contributed by atoms with Crippen molar-refractivity contribution in [2.45, 2.75) is 44.3 Å². The monoisotopic (exact) mass is 229 g/mol. The van der Waals surface area contributed by atoms with Crippen LogP contribution in [0.3, 0.4) is 0 Å². The number of alkyl halides is 4. The fraction of sp³-hybridized carbons (Fsp3) is 1.00. The SMILES string of the molecule is CC1CC(NCC(F)(F)C(F)F)CCO1. The second kappa shape index (κ2) is 5.12. The summed E-state index contributed by atoms with van der Waals surface area (Å²) in [6, 6.07) is -0.154. The van der Waals surface area contributed by atoms with Gasteiger partial charge in [0.05, 0.1) is 12.6 Å². The van der Waals surface area contributed by atoms with Crippen molar-refractivity contribution in [1.29, 1.82) is 0 Å². The molecule has 0 aliphatic carbocycles. The third-order valence-corrected chi connectivity index (χ3v) is 2.43. The summed E-state index contributed by atoms with van der Waals surface area (Å²) < 4.78 is 54.0. The van der Waals surface area contributed by atoms with Gasteiger partial charge < -0.3 is 10.1 Å². The molecule has 0 aromatic heterocycles. The summed E-state index contributed by atoms with van der Waals surface area (Å²) in [7, 11) is 0. The van der Waals surface area contributed by atoms with Crippen LogP contribution in [0.4, 0.5) is 17.6 Å². The molecule has 0 amide bonds. The van der Waals surface area contributed by atoms with Gasteiger partial charge in [-0.1, -0.05) is 0 Å². The fourth-order valence-electron chi connectivity index (χ4n) is 1.54. The fourth-order valence-corrected chi connectivity index (χ4v) is 1.54. The first kappa shape index (κ1) is 12.7. The molecule has 1 heterocycles. The Labute approximate surface area is 86.0 Å². The summed E-state index contributed by atoms with van der Waals surface area (Å²) in [5.74, 6) is -3.94. The van der Waals surface area contributed by atoms with Gasteiger partial charge in [-0.25, -0.2) is 8.78 Å². The van der Waals surface area contributed by atoms with Gasteiger partial charge >= 0.3 is 12.3 Å². The van der Waals surface area contributed by atoms with E-state index in [0.717, 1.165) is 0 Å². The lowest BCUT2D eigenvalue weighted by molar-refractivity contribution is -0.127. The number of hydrogen-bond acceptors (Lipinski definition) is 2. The van der Waals surface area contributed by atoms with Crippen LogP contribution in [0.25, 0.3) is 0 Å². The minimum absolute atomic E-state index is 0.00331. The van der Waals surface area contributed by atoms with Gasteiger partial charge in [-0.3, -0.25) is 0 Å². The van der Waals surface area contributed by atoms with Crippen molar-refractivity contribution in [3.8, 4) is 0 Å². The van der Waals surface area contributed by atoms with Crippen LogP contribution < -0.4 is 5.32 Å². The Morgan fingerprint density at radius 2 is 2.13 bits per heavy atom. The van der Waals surface area contributed by atoms with Crippen LogP contribution in [-0.2, 0) is 4.74 Å². The van der Waals surface area contributed by atoms with Crippen molar-refractivity contribution >= 4 is 0 Å². The highest BCUT2D eigenvalue weighted by Gasteiger charge is 2.40. The Hall–Kier alpha value is -0.360. The first-order valence-electron chi connectivity index (χ1n) is 4.93. The Kier molecular flexibility index (Phi) is 4.33. The Morgan fingerprint density at radius 3 is 2.67 bits per heavy atom. The van der Waals surface area contributed by atoms with Crippen LogP contribution >= 0.6 is 0 Å². The molecule has 15 heavy (non-hydrogen) atoms. The van der Waals surface area contributed by atoms with Crippen molar-refractivity contribution in [2.75, 3.05) is 13.2 Å². The first-order valence-corrected chi connectivity index (χ1v) is 4.93. The third kappa shape index (κ3) is 3.95.